The van der Waals surface area contributed by atoms with Crippen LogP contribution in [0, 0.1) is 19.8 Å². The second kappa shape index (κ2) is 7.35. The van der Waals surface area contributed by atoms with E-state index >= 15 is 0 Å². The maximum atomic E-state index is 12.8. The lowest BCUT2D eigenvalue weighted by Crippen LogP contribution is -2.58. The molecule has 132 valence electrons. The summed E-state index contributed by atoms with van der Waals surface area (Å²) in [4.78, 5) is 30.7. The summed E-state index contributed by atoms with van der Waals surface area (Å²) < 4.78 is 0. The van der Waals surface area contributed by atoms with E-state index in [-0.39, 0.29) is 5.11 Å². The number of carbonyl (C=O) groups excluding carboxylic acids is 2. The number of halogens is 1. The molecule has 1 atom stereocenters. The number of anilines is 1. The zero-order chi connectivity index (χ0) is 18.8. The first kappa shape index (κ1) is 18.2. The minimum atomic E-state index is -1.06. The third kappa shape index (κ3) is 3.81. The van der Waals surface area contributed by atoms with Crippen molar-refractivity contribution in [2.24, 2.45) is 10.9 Å². The molecule has 0 aliphatic carbocycles. The van der Waals surface area contributed by atoms with Crippen LogP contribution in [0.1, 0.15) is 11.1 Å². The maximum Gasteiger partial charge on any atom is 0.251 e. The molecule has 1 aliphatic heterocycles. The first-order valence-electron chi connectivity index (χ1n) is 7.92. The van der Waals surface area contributed by atoms with E-state index in [9.17, 15) is 9.59 Å². The molecule has 1 heterocycles. The summed E-state index contributed by atoms with van der Waals surface area (Å²) in [7, 11) is 0. The van der Waals surface area contributed by atoms with E-state index < -0.39 is 17.7 Å². The first-order chi connectivity index (χ1) is 12.3. The molecular weight excluding hydrogens is 370 g/mol. The van der Waals surface area contributed by atoms with Crippen molar-refractivity contribution in [1.29, 1.82) is 0 Å². The highest BCUT2D eigenvalue weighted by Gasteiger charge is 2.38. The Labute approximate surface area is 161 Å². The molecular formula is C19H16ClN3O2S. The fourth-order valence-electron chi connectivity index (χ4n) is 2.74. The average Bonchev–Trinajstić information content (AvgIpc) is 2.55. The first-order valence-corrected chi connectivity index (χ1v) is 8.70. The van der Waals surface area contributed by atoms with Gasteiger partial charge in [-0.2, -0.15) is 0 Å². The lowest BCUT2D eigenvalue weighted by Gasteiger charge is -2.30. The molecule has 3 rings (SSSR count). The summed E-state index contributed by atoms with van der Waals surface area (Å²) in [6.07, 6.45) is 1.36. The van der Waals surface area contributed by atoms with Crippen LogP contribution in [0.15, 0.2) is 47.5 Å². The quantitative estimate of drug-likeness (QED) is 0.497. The van der Waals surface area contributed by atoms with E-state index in [0.717, 1.165) is 11.1 Å². The van der Waals surface area contributed by atoms with Gasteiger partial charge in [-0.15, -0.1) is 0 Å². The van der Waals surface area contributed by atoms with Crippen LogP contribution < -0.4 is 10.2 Å². The Balaban J connectivity index is 1.90. The summed E-state index contributed by atoms with van der Waals surface area (Å²) in [5.74, 6) is -1.99. The van der Waals surface area contributed by atoms with E-state index in [0.29, 0.717) is 16.4 Å². The van der Waals surface area contributed by atoms with Crippen LogP contribution in [0.5, 0.6) is 0 Å². The van der Waals surface area contributed by atoms with Crippen molar-refractivity contribution < 1.29 is 9.59 Å². The van der Waals surface area contributed by atoms with Crippen LogP contribution in [0.2, 0.25) is 5.02 Å². The number of benzene rings is 2. The molecule has 1 aliphatic rings. The third-order valence-electron chi connectivity index (χ3n) is 3.87. The molecule has 0 aromatic heterocycles. The largest absolute Gasteiger partial charge is 0.301 e. The summed E-state index contributed by atoms with van der Waals surface area (Å²) >= 11 is 11.0. The molecule has 26 heavy (non-hydrogen) atoms. The minimum absolute atomic E-state index is 0.0402. The zero-order valence-corrected chi connectivity index (χ0v) is 15.8. The van der Waals surface area contributed by atoms with Crippen molar-refractivity contribution in [2.45, 2.75) is 13.8 Å². The number of aliphatic imine (C=N–C) groups is 1. The van der Waals surface area contributed by atoms with Crippen molar-refractivity contribution in [3.8, 4) is 0 Å². The van der Waals surface area contributed by atoms with Gasteiger partial charge in [0.2, 0.25) is 5.91 Å². The highest BCUT2D eigenvalue weighted by molar-refractivity contribution is 7.80. The molecule has 5 nitrogen and oxygen atoms in total. The monoisotopic (exact) mass is 385 g/mol. The van der Waals surface area contributed by atoms with Crippen molar-refractivity contribution in [1.82, 2.24) is 5.32 Å². The van der Waals surface area contributed by atoms with Crippen molar-refractivity contribution in [3.63, 3.8) is 0 Å². The Morgan fingerprint density at radius 1 is 1.12 bits per heavy atom. The molecule has 0 radical (unpaired) electrons. The van der Waals surface area contributed by atoms with Gasteiger partial charge >= 0.3 is 0 Å². The lowest BCUT2D eigenvalue weighted by atomic mass is 10.1. The maximum absolute atomic E-state index is 12.8. The predicted octanol–water partition coefficient (Wildman–Crippen LogP) is 3.72. The van der Waals surface area contributed by atoms with E-state index in [1.807, 2.05) is 32.0 Å². The molecule has 7 heteroatoms. The van der Waals surface area contributed by atoms with Gasteiger partial charge in [-0.3, -0.25) is 19.5 Å². The number of rotatable bonds is 3. The van der Waals surface area contributed by atoms with Gasteiger partial charge in [-0.05, 0) is 73.6 Å². The van der Waals surface area contributed by atoms with E-state index in [4.69, 9.17) is 23.8 Å². The Morgan fingerprint density at radius 3 is 2.35 bits per heavy atom. The van der Waals surface area contributed by atoms with Crippen LogP contribution in [0.4, 0.5) is 11.4 Å². The number of hydrogen-bond donors (Lipinski definition) is 1. The van der Waals surface area contributed by atoms with Gasteiger partial charge in [0.05, 0.1) is 11.4 Å². The van der Waals surface area contributed by atoms with Crippen molar-refractivity contribution >= 4 is 58.3 Å². The Kier molecular flexibility index (Phi) is 5.15. The smallest absolute Gasteiger partial charge is 0.251 e. The molecule has 0 saturated carbocycles. The number of thiocarbonyl (C=S) groups is 1. The third-order valence-corrected chi connectivity index (χ3v) is 4.40. The van der Waals surface area contributed by atoms with Gasteiger partial charge in [-0.25, -0.2) is 0 Å². The fourth-order valence-corrected chi connectivity index (χ4v) is 3.16. The van der Waals surface area contributed by atoms with E-state index in [1.165, 1.54) is 11.1 Å². The highest BCUT2D eigenvalue weighted by atomic mass is 35.5. The molecule has 0 spiro atoms. The number of amides is 2. The molecule has 1 saturated heterocycles. The Morgan fingerprint density at radius 2 is 1.73 bits per heavy atom. The molecule has 2 aromatic rings. The summed E-state index contributed by atoms with van der Waals surface area (Å²) in [6, 6.07) is 12.4. The second-order valence-electron chi connectivity index (χ2n) is 6.05. The summed E-state index contributed by atoms with van der Waals surface area (Å²) in [5, 5.41) is 3.14. The Bertz CT molecular complexity index is 905. The number of nitrogens with zero attached hydrogens (tertiary/aromatic N) is 2. The molecule has 2 aromatic carbocycles. The lowest BCUT2D eigenvalue weighted by molar-refractivity contribution is -0.130. The normalized spacial score (nSPS) is 17.7. The standard InChI is InChI=1S/C19H16ClN3O2S/c1-11-7-12(2)9-14(8-11)21-10-16-17(24)22-19(26)23(18(16)25)15-5-3-13(20)4-6-15/h3-10,16H,1-2H3,(H,22,24,26)/t16-/m0/s1. The average molecular weight is 386 g/mol. The number of hydrogen-bond acceptors (Lipinski definition) is 4. The SMILES string of the molecule is Cc1cc(C)cc(N=C[C@H]2C(=O)NC(=S)N(c3ccc(Cl)cc3)C2=O)c1. The van der Waals surface area contributed by atoms with Gasteiger partial charge in [0.15, 0.2) is 11.0 Å². The van der Waals surface area contributed by atoms with Crippen LogP contribution in [0.25, 0.3) is 0 Å². The summed E-state index contributed by atoms with van der Waals surface area (Å²) in [6.45, 7) is 3.93. The van der Waals surface area contributed by atoms with Crippen LogP contribution >= 0.6 is 23.8 Å². The molecule has 1 N–H and O–H groups in total. The zero-order valence-electron chi connectivity index (χ0n) is 14.2. The van der Waals surface area contributed by atoms with Gasteiger partial charge in [-0.1, -0.05) is 17.7 Å². The minimum Gasteiger partial charge on any atom is -0.301 e. The highest BCUT2D eigenvalue weighted by Crippen LogP contribution is 2.23. The van der Waals surface area contributed by atoms with Gasteiger partial charge in [0.1, 0.15) is 0 Å². The molecule has 2 amide bonds. The summed E-state index contributed by atoms with van der Waals surface area (Å²) in [5.41, 5.74) is 3.34. The molecule has 1 fully saturated rings. The Hall–Kier alpha value is -2.57. The predicted molar refractivity (Wildman–Crippen MR) is 107 cm³/mol. The second-order valence-corrected chi connectivity index (χ2v) is 6.87. The number of nitrogens with one attached hydrogen (secondary N) is 1. The van der Waals surface area contributed by atoms with Gasteiger partial charge in [0, 0.05) is 11.2 Å². The van der Waals surface area contributed by atoms with E-state index in [1.54, 1.807) is 24.3 Å². The van der Waals surface area contributed by atoms with Gasteiger partial charge < -0.3 is 5.32 Å². The van der Waals surface area contributed by atoms with Crippen LogP contribution in [0.3, 0.4) is 0 Å². The van der Waals surface area contributed by atoms with Crippen LogP contribution in [-0.4, -0.2) is 23.1 Å². The topological polar surface area (TPSA) is 61.8 Å². The van der Waals surface area contributed by atoms with Crippen LogP contribution in [-0.2, 0) is 9.59 Å². The molecule has 0 bridgehead atoms. The molecule has 0 unspecified atom stereocenters. The van der Waals surface area contributed by atoms with Crippen molar-refractivity contribution in [2.75, 3.05) is 4.90 Å². The fraction of sp³-hybridized carbons (Fsp3) is 0.158. The number of carbonyl (C=O) groups is 2. The van der Waals surface area contributed by atoms with E-state index in [2.05, 4.69) is 10.3 Å². The van der Waals surface area contributed by atoms with Crippen molar-refractivity contribution in [3.05, 3.63) is 58.6 Å². The number of aryl methyl sites for hydroxylation is 2. The van der Waals surface area contributed by atoms with Gasteiger partial charge in [0.25, 0.3) is 5.91 Å².